The molecule has 0 atom stereocenters. The van der Waals surface area contributed by atoms with Crippen LogP contribution in [0, 0.1) is 13.8 Å². The van der Waals surface area contributed by atoms with E-state index in [1.165, 1.54) is 0 Å². The van der Waals surface area contributed by atoms with Gasteiger partial charge >= 0.3 is 5.97 Å². The number of esters is 1. The maximum atomic E-state index is 12.2. The summed E-state index contributed by atoms with van der Waals surface area (Å²) in [6.07, 6.45) is 0. The number of aryl methyl sites for hydroxylation is 2. The lowest BCUT2D eigenvalue weighted by Gasteiger charge is -2.07. The van der Waals surface area contributed by atoms with Crippen molar-refractivity contribution in [3.63, 3.8) is 0 Å². The first-order valence-electron chi connectivity index (χ1n) is 7.23. The lowest BCUT2D eigenvalue weighted by molar-refractivity contribution is 0.0437. The van der Waals surface area contributed by atoms with Gasteiger partial charge in [0.1, 0.15) is 5.15 Å². The molecule has 3 aromatic rings. The van der Waals surface area contributed by atoms with E-state index in [4.69, 9.17) is 20.8 Å². The van der Waals surface area contributed by atoms with Crippen LogP contribution in [0.3, 0.4) is 0 Å². The highest BCUT2D eigenvalue weighted by Gasteiger charge is 2.18. The molecule has 0 N–H and O–H groups in total. The van der Waals surface area contributed by atoms with Crippen molar-refractivity contribution in [2.45, 2.75) is 20.5 Å². The second-order valence-electron chi connectivity index (χ2n) is 5.19. The van der Waals surface area contributed by atoms with Crippen LogP contribution in [0.4, 0.5) is 0 Å². The van der Waals surface area contributed by atoms with Crippen molar-refractivity contribution in [1.82, 2.24) is 15.2 Å². The van der Waals surface area contributed by atoms with Gasteiger partial charge in [-0.25, -0.2) is 9.78 Å². The minimum Gasteiger partial charge on any atom is -0.452 e. The Hall–Kier alpha value is -2.73. The predicted molar refractivity (Wildman–Crippen MR) is 87.6 cm³/mol. The fourth-order valence-electron chi connectivity index (χ4n) is 2.25. The number of pyridine rings is 1. The normalized spacial score (nSPS) is 10.6. The molecule has 24 heavy (non-hydrogen) atoms. The number of aromatic nitrogens is 3. The van der Waals surface area contributed by atoms with Gasteiger partial charge in [-0.05, 0) is 37.6 Å². The molecule has 0 fully saturated rings. The molecule has 0 bridgehead atoms. The predicted octanol–water partition coefficient (Wildman–Crippen LogP) is 3.76. The van der Waals surface area contributed by atoms with E-state index in [0.717, 1.165) is 11.3 Å². The summed E-state index contributed by atoms with van der Waals surface area (Å²) in [6, 6.07) is 11.1. The van der Waals surface area contributed by atoms with Gasteiger partial charge in [0.15, 0.2) is 6.61 Å². The maximum absolute atomic E-state index is 12.2. The largest absolute Gasteiger partial charge is 0.452 e. The van der Waals surface area contributed by atoms with Crippen LogP contribution in [0.5, 0.6) is 0 Å². The zero-order chi connectivity index (χ0) is 17.1. The summed E-state index contributed by atoms with van der Waals surface area (Å²) in [7, 11) is 0. The third-order valence-corrected chi connectivity index (χ3v) is 3.59. The van der Waals surface area contributed by atoms with Gasteiger partial charge in [-0.15, -0.1) is 10.2 Å². The van der Waals surface area contributed by atoms with E-state index in [2.05, 4.69) is 15.2 Å². The Balaban J connectivity index is 1.71. The molecule has 7 heteroatoms. The summed E-state index contributed by atoms with van der Waals surface area (Å²) in [4.78, 5) is 16.3. The SMILES string of the molecule is Cc1cc(C)c(C(=O)OCc2nnc(-c3ccccc3)o2)c(Cl)n1. The molecule has 6 nitrogen and oxygen atoms in total. The van der Waals surface area contributed by atoms with E-state index >= 15 is 0 Å². The van der Waals surface area contributed by atoms with Gasteiger partial charge in [0, 0.05) is 11.3 Å². The molecule has 0 amide bonds. The molecule has 0 aliphatic carbocycles. The number of rotatable bonds is 4. The molecule has 0 unspecified atom stereocenters. The molecule has 0 saturated carbocycles. The fourth-order valence-corrected chi connectivity index (χ4v) is 2.60. The number of hydrogen-bond acceptors (Lipinski definition) is 6. The minimum atomic E-state index is -0.579. The van der Waals surface area contributed by atoms with Crippen LogP contribution in [0.15, 0.2) is 40.8 Å². The fraction of sp³-hybridized carbons (Fsp3) is 0.176. The molecular weight excluding hydrogens is 330 g/mol. The van der Waals surface area contributed by atoms with Gasteiger partial charge in [-0.2, -0.15) is 0 Å². The molecule has 0 saturated heterocycles. The van der Waals surface area contributed by atoms with E-state index in [-0.39, 0.29) is 23.2 Å². The van der Waals surface area contributed by atoms with Crippen molar-refractivity contribution in [3.8, 4) is 11.5 Å². The zero-order valence-corrected chi connectivity index (χ0v) is 13.9. The molecule has 1 aromatic carbocycles. The Bertz CT molecular complexity index is 855. The summed E-state index contributed by atoms with van der Waals surface area (Å²) in [5, 5.41) is 7.93. The van der Waals surface area contributed by atoms with Crippen molar-refractivity contribution in [1.29, 1.82) is 0 Å². The molecule has 0 aliphatic heterocycles. The van der Waals surface area contributed by atoms with E-state index in [1.54, 1.807) is 19.9 Å². The van der Waals surface area contributed by atoms with Crippen LogP contribution in [-0.2, 0) is 11.3 Å². The van der Waals surface area contributed by atoms with Gasteiger partial charge in [-0.1, -0.05) is 29.8 Å². The number of ether oxygens (including phenoxy) is 1. The van der Waals surface area contributed by atoms with Crippen LogP contribution in [0.25, 0.3) is 11.5 Å². The first kappa shape index (κ1) is 16.1. The summed E-state index contributed by atoms with van der Waals surface area (Å²) >= 11 is 6.03. The Morgan fingerprint density at radius 2 is 1.96 bits per heavy atom. The molecule has 0 aliphatic rings. The zero-order valence-electron chi connectivity index (χ0n) is 13.1. The van der Waals surface area contributed by atoms with Crippen LogP contribution < -0.4 is 0 Å². The molecule has 2 aromatic heterocycles. The smallest absolute Gasteiger partial charge is 0.342 e. The lowest BCUT2D eigenvalue weighted by Crippen LogP contribution is -2.09. The summed E-state index contributed by atoms with van der Waals surface area (Å²) < 4.78 is 10.7. The molecule has 122 valence electrons. The third-order valence-electron chi connectivity index (χ3n) is 3.32. The molecule has 0 radical (unpaired) electrons. The van der Waals surface area contributed by atoms with Crippen molar-refractivity contribution in [2.24, 2.45) is 0 Å². The molecule has 0 spiro atoms. The standard InChI is InChI=1S/C17H14ClN3O3/c1-10-8-11(2)19-15(18)14(10)17(22)23-9-13-20-21-16(24-13)12-6-4-3-5-7-12/h3-8H,9H2,1-2H3. The van der Waals surface area contributed by atoms with Gasteiger partial charge in [0.2, 0.25) is 5.89 Å². The van der Waals surface area contributed by atoms with Crippen molar-refractivity contribution in [3.05, 3.63) is 64.3 Å². The van der Waals surface area contributed by atoms with Crippen LogP contribution in [0.1, 0.15) is 27.5 Å². The van der Waals surface area contributed by atoms with E-state index < -0.39 is 5.97 Å². The average Bonchev–Trinajstić information content (AvgIpc) is 3.02. The minimum absolute atomic E-state index is 0.119. The van der Waals surface area contributed by atoms with Crippen molar-refractivity contribution >= 4 is 17.6 Å². The molecular formula is C17H14ClN3O3. The van der Waals surface area contributed by atoms with Crippen LogP contribution >= 0.6 is 11.6 Å². The number of halogens is 1. The highest BCUT2D eigenvalue weighted by Crippen LogP contribution is 2.21. The summed E-state index contributed by atoms with van der Waals surface area (Å²) in [6.45, 7) is 3.44. The average molecular weight is 344 g/mol. The maximum Gasteiger partial charge on any atom is 0.342 e. The van der Waals surface area contributed by atoms with E-state index in [9.17, 15) is 4.79 Å². The number of hydrogen-bond donors (Lipinski definition) is 0. The van der Waals surface area contributed by atoms with Crippen molar-refractivity contribution < 1.29 is 13.9 Å². The second kappa shape index (κ2) is 6.80. The molecule has 3 rings (SSSR count). The second-order valence-corrected chi connectivity index (χ2v) is 5.55. The van der Waals surface area contributed by atoms with Gasteiger partial charge < -0.3 is 9.15 Å². The Labute approximate surface area is 143 Å². The Kier molecular flexibility index (Phi) is 4.57. The third kappa shape index (κ3) is 3.44. The van der Waals surface area contributed by atoms with Crippen molar-refractivity contribution in [2.75, 3.05) is 0 Å². The Morgan fingerprint density at radius 3 is 2.67 bits per heavy atom. The monoisotopic (exact) mass is 343 g/mol. The highest BCUT2D eigenvalue weighted by atomic mass is 35.5. The van der Waals surface area contributed by atoms with Gasteiger partial charge in [0.25, 0.3) is 5.89 Å². The van der Waals surface area contributed by atoms with E-state index in [0.29, 0.717) is 11.5 Å². The van der Waals surface area contributed by atoms with Crippen LogP contribution in [-0.4, -0.2) is 21.2 Å². The summed E-state index contributed by atoms with van der Waals surface area (Å²) in [5.74, 6) is -0.00613. The number of benzene rings is 1. The van der Waals surface area contributed by atoms with Crippen LogP contribution in [0.2, 0.25) is 5.15 Å². The highest BCUT2D eigenvalue weighted by molar-refractivity contribution is 6.32. The topological polar surface area (TPSA) is 78.1 Å². The Morgan fingerprint density at radius 1 is 1.21 bits per heavy atom. The van der Waals surface area contributed by atoms with Gasteiger partial charge in [0.05, 0.1) is 5.56 Å². The summed E-state index contributed by atoms with van der Waals surface area (Å²) in [5.41, 5.74) is 2.47. The molecule has 2 heterocycles. The lowest BCUT2D eigenvalue weighted by atomic mass is 10.1. The number of carbonyl (C=O) groups excluding carboxylic acids is 1. The number of carbonyl (C=O) groups is 1. The number of nitrogens with zero attached hydrogens (tertiary/aromatic N) is 3. The van der Waals surface area contributed by atoms with E-state index in [1.807, 2.05) is 30.3 Å². The van der Waals surface area contributed by atoms with Gasteiger partial charge in [-0.3, -0.25) is 0 Å². The first-order chi connectivity index (χ1) is 11.5. The quantitative estimate of drug-likeness (QED) is 0.530. The first-order valence-corrected chi connectivity index (χ1v) is 7.61.